The zero-order chi connectivity index (χ0) is 17.3. The quantitative estimate of drug-likeness (QED) is 0.903. The molecule has 0 radical (unpaired) electrons. The number of carbonyl (C=O) groups excluding carboxylic acids is 1. The first kappa shape index (κ1) is 16.1. The molecule has 0 unspecified atom stereocenters. The van der Waals surface area contributed by atoms with Gasteiger partial charge in [0.05, 0.1) is 6.04 Å². The first-order chi connectivity index (χ1) is 12.2. The maximum Gasteiger partial charge on any atom is 0.315 e. The summed E-state index contributed by atoms with van der Waals surface area (Å²) in [5.74, 6) is 0.857. The molecule has 0 saturated heterocycles. The topological polar surface area (TPSA) is 71.8 Å². The van der Waals surface area contributed by atoms with E-state index >= 15 is 0 Å². The molecule has 0 spiro atoms. The molecule has 0 bridgehead atoms. The molecular weight excluding hydrogens is 314 g/mol. The third kappa shape index (κ3) is 3.13. The summed E-state index contributed by atoms with van der Waals surface area (Å²) in [7, 11) is 0. The van der Waals surface area contributed by atoms with E-state index in [1.54, 1.807) is 6.33 Å². The Hall–Kier alpha value is -2.37. The van der Waals surface area contributed by atoms with E-state index in [-0.39, 0.29) is 17.5 Å². The second-order valence-corrected chi connectivity index (χ2v) is 7.43. The minimum absolute atomic E-state index is 0.00122. The average Bonchev–Trinajstić information content (AvgIpc) is 3.11. The number of carbonyl (C=O) groups is 1. The highest BCUT2D eigenvalue weighted by Crippen LogP contribution is 2.36. The third-order valence-electron chi connectivity index (χ3n) is 5.61. The Morgan fingerprint density at radius 2 is 2.24 bits per heavy atom. The van der Waals surface area contributed by atoms with Crippen LogP contribution in [-0.4, -0.2) is 27.3 Å². The number of hydrogen-bond donors (Lipinski definition) is 2. The molecule has 1 aromatic carbocycles. The van der Waals surface area contributed by atoms with Crippen molar-refractivity contribution in [3.05, 3.63) is 47.5 Å². The lowest BCUT2D eigenvalue weighted by Crippen LogP contribution is -2.46. The molecule has 6 heteroatoms. The fourth-order valence-corrected chi connectivity index (χ4v) is 4.23. The molecule has 1 aliphatic carbocycles. The Kier molecular flexibility index (Phi) is 4.19. The Balaban J connectivity index is 1.40. The van der Waals surface area contributed by atoms with Gasteiger partial charge in [0.2, 0.25) is 0 Å². The van der Waals surface area contributed by atoms with Crippen LogP contribution in [0.2, 0.25) is 0 Å². The number of urea groups is 1. The van der Waals surface area contributed by atoms with Gasteiger partial charge < -0.3 is 10.6 Å². The van der Waals surface area contributed by atoms with Gasteiger partial charge in [0.15, 0.2) is 0 Å². The summed E-state index contributed by atoms with van der Waals surface area (Å²) in [6.45, 7) is 3.78. The van der Waals surface area contributed by atoms with Crippen molar-refractivity contribution in [1.82, 2.24) is 25.4 Å². The number of aryl methyl sites for hydroxylation is 2. The number of fused-ring (bicyclic) bond motifs is 2. The van der Waals surface area contributed by atoms with Crippen LogP contribution >= 0.6 is 0 Å². The maximum absolute atomic E-state index is 12.5. The summed E-state index contributed by atoms with van der Waals surface area (Å²) in [5, 5.41) is 10.4. The van der Waals surface area contributed by atoms with E-state index in [4.69, 9.17) is 0 Å². The molecule has 2 amide bonds. The lowest BCUT2D eigenvalue weighted by Gasteiger charge is -2.36. The molecule has 4 rings (SSSR count). The zero-order valence-corrected chi connectivity index (χ0v) is 14.7. The van der Waals surface area contributed by atoms with Crippen molar-refractivity contribution < 1.29 is 4.79 Å². The number of aromatic nitrogens is 3. The molecule has 132 valence electrons. The molecule has 25 heavy (non-hydrogen) atoms. The van der Waals surface area contributed by atoms with E-state index in [0.29, 0.717) is 6.54 Å². The van der Waals surface area contributed by atoms with Gasteiger partial charge in [0.1, 0.15) is 12.2 Å². The second kappa shape index (κ2) is 6.50. The van der Waals surface area contributed by atoms with Crippen molar-refractivity contribution in [2.45, 2.75) is 57.0 Å². The SMILES string of the molecule is C[C@@]1(CNC(=O)N[C@H]2CCCn3ncnc32)CCCc2ccccc21. The number of benzene rings is 1. The van der Waals surface area contributed by atoms with Gasteiger partial charge in [0.25, 0.3) is 0 Å². The normalized spacial score (nSPS) is 24.9. The monoisotopic (exact) mass is 339 g/mol. The van der Waals surface area contributed by atoms with Crippen LogP contribution in [0.1, 0.15) is 55.6 Å². The molecule has 0 saturated carbocycles. The van der Waals surface area contributed by atoms with Crippen LogP contribution in [0.15, 0.2) is 30.6 Å². The zero-order valence-electron chi connectivity index (χ0n) is 14.7. The van der Waals surface area contributed by atoms with E-state index < -0.39 is 0 Å². The van der Waals surface area contributed by atoms with Crippen LogP contribution in [-0.2, 0) is 18.4 Å². The fourth-order valence-electron chi connectivity index (χ4n) is 4.23. The maximum atomic E-state index is 12.5. The number of nitrogens with zero attached hydrogens (tertiary/aromatic N) is 3. The second-order valence-electron chi connectivity index (χ2n) is 7.43. The van der Waals surface area contributed by atoms with E-state index in [0.717, 1.165) is 38.1 Å². The number of amides is 2. The highest BCUT2D eigenvalue weighted by molar-refractivity contribution is 5.74. The standard InChI is InChI=1S/C19H25N5O/c1-19(10-4-7-14-6-2-3-8-15(14)19)12-20-18(25)23-16-9-5-11-24-17(16)21-13-22-24/h2-3,6,8,13,16H,4-5,7,9-12H2,1H3,(H2,20,23,25)/t16-,19-/m0/s1. The van der Waals surface area contributed by atoms with Gasteiger partial charge in [0, 0.05) is 18.5 Å². The van der Waals surface area contributed by atoms with Crippen molar-refractivity contribution in [3.8, 4) is 0 Å². The summed E-state index contributed by atoms with van der Waals surface area (Å²) in [6, 6.07) is 8.44. The molecule has 2 aliphatic rings. The predicted molar refractivity (Wildman–Crippen MR) is 95.3 cm³/mol. The Labute approximate surface area is 148 Å². The van der Waals surface area contributed by atoms with Crippen molar-refractivity contribution in [1.29, 1.82) is 0 Å². The Morgan fingerprint density at radius 1 is 1.36 bits per heavy atom. The van der Waals surface area contributed by atoms with Crippen molar-refractivity contribution >= 4 is 6.03 Å². The summed E-state index contributed by atoms with van der Waals surface area (Å²) < 4.78 is 1.88. The van der Waals surface area contributed by atoms with Gasteiger partial charge in [-0.05, 0) is 43.2 Å². The molecule has 2 aromatic rings. The molecule has 2 N–H and O–H groups in total. The first-order valence-corrected chi connectivity index (χ1v) is 9.16. The van der Waals surface area contributed by atoms with E-state index in [1.807, 2.05) is 4.68 Å². The minimum atomic E-state index is -0.120. The largest absolute Gasteiger partial charge is 0.337 e. The molecule has 6 nitrogen and oxygen atoms in total. The number of nitrogens with one attached hydrogen (secondary N) is 2. The van der Waals surface area contributed by atoms with E-state index in [9.17, 15) is 4.79 Å². The average molecular weight is 339 g/mol. The van der Waals surface area contributed by atoms with Gasteiger partial charge in [-0.25, -0.2) is 14.5 Å². The lowest BCUT2D eigenvalue weighted by atomic mass is 9.71. The Bertz CT molecular complexity index is 771. The van der Waals surface area contributed by atoms with Gasteiger partial charge in [-0.15, -0.1) is 0 Å². The first-order valence-electron chi connectivity index (χ1n) is 9.16. The van der Waals surface area contributed by atoms with Crippen molar-refractivity contribution in [2.24, 2.45) is 0 Å². The summed E-state index contributed by atoms with van der Waals surface area (Å²) >= 11 is 0. The molecule has 2 atom stereocenters. The molecular formula is C19H25N5O. The number of hydrogen-bond acceptors (Lipinski definition) is 3. The summed E-state index contributed by atoms with van der Waals surface area (Å²) in [5.41, 5.74) is 2.79. The van der Waals surface area contributed by atoms with Crippen LogP contribution in [0, 0.1) is 0 Å². The number of rotatable bonds is 3. The minimum Gasteiger partial charge on any atom is -0.337 e. The smallest absolute Gasteiger partial charge is 0.315 e. The van der Waals surface area contributed by atoms with Crippen LogP contribution in [0.3, 0.4) is 0 Å². The van der Waals surface area contributed by atoms with Gasteiger partial charge in [-0.1, -0.05) is 31.2 Å². The van der Waals surface area contributed by atoms with Gasteiger partial charge >= 0.3 is 6.03 Å². The Morgan fingerprint density at radius 3 is 3.16 bits per heavy atom. The lowest BCUT2D eigenvalue weighted by molar-refractivity contribution is 0.228. The van der Waals surface area contributed by atoms with Crippen LogP contribution in [0.4, 0.5) is 4.79 Å². The summed E-state index contributed by atoms with van der Waals surface area (Å²) in [6.07, 6.45) is 6.88. The van der Waals surface area contributed by atoms with Gasteiger partial charge in [-0.3, -0.25) is 0 Å². The third-order valence-corrected chi connectivity index (χ3v) is 5.61. The molecule has 1 aliphatic heterocycles. The molecule has 1 aromatic heterocycles. The van der Waals surface area contributed by atoms with Crippen LogP contribution in [0.25, 0.3) is 0 Å². The highest BCUT2D eigenvalue weighted by Gasteiger charge is 2.32. The fraction of sp³-hybridized carbons (Fsp3) is 0.526. The van der Waals surface area contributed by atoms with Crippen LogP contribution in [0.5, 0.6) is 0 Å². The predicted octanol–water partition coefficient (Wildman–Crippen LogP) is 2.71. The van der Waals surface area contributed by atoms with E-state index in [2.05, 4.69) is 51.9 Å². The van der Waals surface area contributed by atoms with E-state index in [1.165, 1.54) is 17.5 Å². The summed E-state index contributed by atoms with van der Waals surface area (Å²) in [4.78, 5) is 16.8. The van der Waals surface area contributed by atoms with Crippen LogP contribution < -0.4 is 10.6 Å². The van der Waals surface area contributed by atoms with Crippen molar-refractivity contribution in [2.75, 3.05) is 6.54 Å². The van der Waals surface area contributed by atoms with Crippen molar-refractivity contribution in [3.63, 3.8) is 0 Å². The molecule has 2 heterocycles. The highest BCUT2D eigenvalue weighted by atomic mass is 16.2. The van der Waals surface area contributed by atoms with Gasteiger partial charge in [-0.2, -0.15) is 5.10 Å². The molecule has 0 fully saturated rings.